The molecule has 1 aromatic carbocycles. The lowest BCUT2D eigenvalue weighted by molar-refractivity contribution is 0.645. The van der Waals surface area contributed by atoms with E-state index < -0.39 is 5.69 Å². The standard InChI is InChI=1S/C17H17ClN6O2/c1-9-10(2)24-13-14(19-16(24)21-20-9)22(3)17(26)23(15(13)25)8-11-5-4-6-12(18)7-11/h4-7,10H,8H2,1-3H3,(H,19,21)/t10-/m0/s1. The molecule has 0 spiro atoms. The summed E-state index contributed by atoms with van der Waals surface area (Å²) in [6.45, 7) is 3.95. The summed E-state index contributed by atoms with van der Waals surface area (Å²) in [6.07, 6.45) is 0. The van der Waals surface area contributed by atoms with Crippen molar-refractivity contribution in [2.24, 2.45) is 12.1 Å². The molecular formula is C17H17ClN6O2. The molecule has 1 aliphatic heterocycles. The molecule has 0 saturated heterocycles. The molecule has 4 rings (SSSR count). The molecule has 3 aromatic rings. The first kappa shape index (κ1) is 16.6. The first-order valence-electron chi connectivity index (χ1n) is 8.15. The second kappa shape index (κ2) is 5.84. The van der Waals surface area contributed by atoms with Crippen molar-refractivity contribution in [3.8, 4) is 0 Å². The zero-order valence-corrected chi connectivity index (χ0v) is 15.3. The van der Waals surface area contributed by atoms with Crippen LogP contribution in [0.2, 0.25) is 5.02 Å². The first-order valence-corrected chi connectivity index (χ1v) is 8.52. The highest BCUT2D eigenvalue weighted by Gasteiger charge is 2.26. The van der Waals surface area contributed by atoms with Crippen LogP contribution in [0.25, 0.3) is 11.2 Å². The lowest BCUT2D eigenvalue weighted by Gasteiger charge is -2.21. The molecule has 0 radical (unpaired) electrons. The zero-order chi connectivity index (χ0) is 18.6. The normalized spacial score (nSPS) is 16.3. The molecule has 0 saturated carbocycles. The number of nitrogens with zero attached hydrogens (tertiary/aromatic N) is 5. The van der Waals surface area contributed by atoms with Crippen molar-refractivity contribution < 1.29 is 0 Å². The van der Waals surface area contributed by atoms with Crippen molar-refractivity contribution >= 4 is 34.4 Å². The van der Waals surface area contributed by atoms with Gasteiger partial charge in [0.25, 0.3) is 5.56 Å². The maximum Gasteiger partial charge on any atom is 0.332 e. The van der Waals surface area contributed by atoms with Gasteiger partial charge >= 0.3 is 5.69 Å². The van der Waals surface area contributed by atoms with Crippen molar-refractivity contribution in [1.29, 1.82) is 0 Å². The molecule has 0 bridgehead atoms. The molecule has 2 aromatic heterocycles. The Morgan fingerprint density at radius 3 is 2.81 bits per heavy atom. The minimum absolute atomic E-state index is 0.136. The molecule has 0 unspecified atom stereocenters. The van der Waals surface area contributed by atoms with Crippen LogP contribution in [-0.4, -0.2) is 24.4 Å². The molecule has 26 heavy (non-hydrogen) atoms. The predicted octanol–water partition coefficient (Wildman–Crippen LogP) is 1.96. The number of hydrogen-bond donors (Lipinski definition) is 1. The average Bonchev–Trinajstić information content (AvgIpc) is 3.01. The maximum absolute atomic E-state index is 13.2. The van der Waals surface area contributed by atoms with Gasteiger partial charge in [0, 0.05) is 12.1 Å². The Kier molecular flexibility index (Phi) is 3.73. The van der Waals surface area contributed by atoms with Gasteiger partial charge < -0.3 is 0 Å². The summed E-state index contributed by atoms with van der Waals surface area (Å²) in [5, 5.41) is 4.76. The van der Waals surface area contributed by atoms with Crippen LogP contribution >= 0.6 is 11.6 Å². The highest BCUT2D eigenvalue weighted by Crippen LogP contribution is 2.25. The lowest BCUT2D eigenvalue weighted by atomic mass is 10.2. The van der Waals surface area contributed by atoms with Crippen LogP contribution in [0.1, 0.15) is 25.5 Å². The van der Waals surface area contributed by atoms with E-state index in [1.807, 2.05) is 19.9 Å². The quantitative estimate of drug-likeness (QED) is 0.745. The Labute approximate surface area is 153 Å². The number of hydrazone groups is 1. The molecule has 0 amide bonds. The van der Waals surface area contributed by atoms with Gasteiger partial charge in [0.2, 0.25) is 5.95 Å². The van der Waals surface area contributed by atoms with Gasteiger partial charge in [-0.25, -0.2) is 10.2 Å². The van der Waals surface area contributed by atoms with Gasteiger partial charge in [0.1, 0.15) is 0 Å². The summed E-state index contributed by atoms with van der Waals surface area (Å²) < 4.78 is 4.38. The molecule has 1 atom stereocenters. The summed E-state index contributed by atoms with van der Waals surface area (Å²) in [5.74, 6) is 0.450. The first-order chi connectivity index (χ1) is 12.4. The number of anilines is 1. The van der Waals surface area contributed by atoms with E-state index in [0.717, 1.165) is 11.3 Å². The van der Waals surface area contributed by atoms with E-state index in [1.54, 1.807) is 29.8 Å². The number of rotatable bonds is 2. The highest BCUT2D eigenvalue weighted by molar-refractivity contribution is 6.30. The van der Waals surface area contributed by atoms with Crippen LogP contribution in [-0.2, 0) is 13.6 Å². The predicted molar refractivity (Wildman–Crippen MR) is 101 cm³/mol. The molecule has 9 heteroatoms. The van der Waals surface area contributed by atoms with Crippen molar-refractivity contribution in [3.63, 3.8) is 0 Å². The van der Waals surface area contributed by atoms with Crippen LogP contribution in [0.5, 0.6) is 0 Å². The Hall–Kier alpha value is -2.87. The van der Waals surface area contributed by atoms with Crippen molar-refractivity contribution in [2.45, 2.75) is 26.4 Å². The van der Waals surface area contributed by atoms with Crippen LogP contribution in [0.15, 0.2) is 39.0 Å². The third kappa shape index (κ3) is 2.37. The summed E-state index contributed by atoms with van der Waals surface area (Å²) in [7, 11) is 1.61. The smallest absolute Gasteiger partial charge is 0.294 e. The highest BCUT2D eigenvalue weighted by atomic mass is 35.5. The van der Waals surface area contributed by atoms with E-state index in [-0.39, 0.29) is 18.1 Å². The van der Waals surface area contributed by atoms with E-state index >= 15 is 0 Å². The van der Waals surface area contributed by atoms with Crippen molar-refractivity contribution in [2.75, 3.05) is 5.43 Å². The number of benzene rings is 1. The molecule has 0 fully saturated rings. The average molecular weight is 373 g/mol. The topological polar surface area (TPSA) is 86.2 Å². The van der Waals surface area contributed by atoms with Gasteiger partial charge in [-0.15, -0.1) is 0 Å². The largest absolute Gasteiger partial charge is 0.332 e. The van der Waals surface area contributed by atoms with Crippen molar-refractivity contribution in [3.05, 3.63) is 55.7 Å². The number of nitrogens with one attached hydrogen (secondary N) is 1. The summed E-state index contributed by atoms with van der Waals surface area (Å²) in [4.78, 5) is 30.3. The summed E-state index contributed by atoms with van der Waals surface area (Å²) >= 11 is 6.02. The van der Waals surface area contributed by atoms with Gasteiger partial charge in [-0.1, -0.05) is 23.7 Å². The summed E-state index contributed by atoms with van der Waals surface area (Å²) in [5.41, 5.74) is 4.34. The third-order valence-electron chi connectivity index (χ3n) is 4.73. The number of halogens is 1. The van der Waals surface area contributed by atoms with E-state index in [1.165, 1.54) is 9.13 Å². The lowest BCUT2D eigenvalue weighted by Crippen LogP contribution is -2.40. The van der Waals surface area contributed by atoms with Crippen LogP contribution in [0.3, 0.4) is 0 Å². The SMILES string of the molecule is CC1=NNc2nc3c(c(=O)n(Cc4cccc(Cl)c4)c(=O)n3C)n2[C@H]1C. The van der Waals surface area contributed by atoms with Crippen LogP contribution in [0, 0.1) is 0 Å². The fourth-order valence-electron chi connectivity index (χ4n) is 3.17. The second-order valence-corrected chi connectivity index (χ2v) is 6.82. The zero-order valence-electron chi connectivity index (χ0n) is 14.5. The van der Waals surface area contributed by atoms with E-state index in [4.69, 9.17) is 11.6 Å². The fourth-order valence-corrected chi connectivity index (χ4v) is 3.38. The van der Waals surface area contributed by atoms with Gasteiger partial charge in [-0.2, -0.15) is 10.1 Å². The molecule has 1 N–H and O–H groups in total. The number of fused-ring (bicyclic) bond motifs is 3. The number of aromatic nitrogens is 4. The van der Waals surface area contributed by atoms with Gasteiger partial charge in [-0.05, 0) is 31.5 Å². The van der Waals surface area contributed by atoms with Crippen LogP contribution in [0.4, 0.5) is 5.95 Å². The van der Waals surface area contributed by atoms with Gasteiger partial charge in [0.05, 0.1) is 18.3 Å². The van der Waals surface area contributed by atoms with Crippen molar-refractivity contribution in [1.82, 2.24) is 18.7 Å². The third-order valence-corrected chi connectivity index (χ3v) is 4.96. The minimum Gasteiger partial charge on any atom is -0.294 e. The van der Waals surface area contributed by atoms with E-state index in [9.17, 15) is 9.59 Å². The number of hydrogen-bond acceptors (Lipinski definition) is 5. The maximum atomic E-state index is 13.2. The molecule has 8 nitrogen and oxygen atoms in total. The van der Waals surface area contributed by atoms with Crippen LogP contribution < -0.4 is 16.7 Å². The molecule has 1 aliphatic rings. The van der Waals surface area contributed by atoms with Gasteiger partial charge in [-0.3, -0.25) is 18.5 Å². The molecular weight excluding hydrogens is 356 g/mol. The molecule has 134 valence electrons. The Morgan fingerprint density at radius 1 is 1.31 bits per heavy atom. The monoisotopic (exact) mass is 372 g/mol. The Bertz CT molecular complexity index is 1190. The van der Waals surface area contributed by atoms with Gasteiger partial charge in [0.15, 0.2) is 11.2 Å². The fraction of sp³-hybridized carbons (Fsp3) is 0.294. The second-order valence-electron chi connectivity index (χ2n) is 6.38. The summed E-state index contributed by atoms with van der Waals surface area (Å²) in [6, 6.07) is 6.97. The van der Waals surface area contributed by atoms with E-state index in [0.29, 0.717) is 22.1 Å². The molecule has 3 heterocycles. The number of imidazole rings is 1. The number of aryl methyl sites for hydroxylation is 1. The minimum atomic E-state index is -0.428. The Balaban J connectivity index is 1.99. The Morgan fingerprint density at radius 2 is 2.08 bits per heavy atom. The van der Waals surface area contributed by atoms with E-state index in [2.05, 4.69) is 15.5 Å². The molecule has 0 aliphatic carbocycles.